The van der Waals surface area contributed by atoms with Crippen LogP contribution >= 0.6 is 15.9 Å². The highest BCUT2D eigenvalue weighted by Crippen LogP contribution is 2.24. The molecule has 0 aliphatic rings. The summed E-state index contributed by atoms with van der Waals surface area (Å²) in [5.41, 5.74) is 2.27. The molecule has 0 saturated heterocycles. The van der Waals surface area contributed by atoms with Crippen molar-refractivity contribution in [3.05, 3.63) is 46.5 Å². The average molecular weight is 296 g/mol. The Balaban J connectivity index is 1.76. The van der Waals surface area contributed by atoms with Gasteiger partial charge in [0, 0.05) is 31.4 Å². The van der Waals surface area contributed by atoms with Crippen LogP contribution in [0, 0.1) is 0 Å². The van der Waals surface area contributed by atoms with Gasteiger partial charge in [0.2, 0.25) is 0 Å². The molecule has 1 aromatic heterocycles. The number of phenols is 1. The monoisotopic (exact) mass is 295 g/mol. The summed E-state index contributed by atoms with van der Waals surface area (Å²) in [7, 11) is 0. The Morgan fingerprint density at radius 2 is 2.29 bits per heavy atom. The molecule has 0 fully saturated rings. The number of hydrogen-bond acceptors (Lipinski definition) is 3. The number of imidazole rings is 1. The van der Waals surface area contributed by atoms with E-state index in [-0.39, 0.29) is 5.75 Å². The molecule has 0 spiro atoms. The van der Waals surface area contributed by atoms with Gasteiger partial charge in [-0.25, -0.2) is 4.98 Å². The number of aromatic amines is 1. The van der Waals surface area contributed by atoms with E-state index in [9.17, 15) is 5.11 Å². The second-order valence-electron chi connectivity index (χ2n) is 3.79. The van der Waals surface area contributed by atoms with Gasteiger partial charge in [0.1, 0.15) is 5.75 Å². The van der Waals surface area contributed by atoms with Crippen LogP contribution in [0.15, 0.2) is 35.2 Å². The number of rotatable bonds is 5. The van der Waals surface area contributed by atoms with Crippen molar-refractivity contribution in [2.24, 2.45) is 0 Å². The molecule has 90 valence electrons. The maximum Gasteiger partial charge on any atom is 0.129 e. The number of aromatic nitrogens is 2. The minimum atomic E-state index is 0.270. The summed E-state index contributed by atoms with van der Waals surface area (Å²) in [5.74, 6) is 0.270. The number of nitrogens with one attached hydrogen (secondary N) is 2. The largest absolute Gasteiger partial charge is 0.507 e. The zero-order chi connectivity index (χ0) is 12.1. The molecule has 0 aliphatic heterocycles. The first-order chi connectivity index (χ1) is 8.25. The fourth-order valence-corrected chi connectivity index (χ4v) is 1.96. The second kappa shape index (κ2) is 5.84. The SMILES string of the molecule is Oc1ccc(CNCCc2cnc[nH]2)cc1Br. The smallest absolute Gasteiger partial charge is 0.129 e. The van der Waals surface area contributed by atoms with Crippen LogP contribution in [0.1, 0.15) is 11.3 Å². The Morgan fingerprint density at radius 1 is 1.41 bits per heavy atom. The van der Waals surface area contributed by atoms with Crippen molar-refractivity contribution in [3.8, 4) is 5.75 Å². The number of halogens is 1. The van der Waals surface area contributed by atoms with Crippen LogP contribution in [-0.4, -0.2) is 21.6 Å². The lowest BCUT2D eigenvalue weighted by Gasteiger charge is -2.05. The van der Waals surface area contributed by atoms with Crippen molar-refractivity contribution < 1.29 is 5.11 Å². The first-order valence-electron chi connectivity index (χ1n) is 5.41. The van der Waals surface area contributed by atoms with Crippen LogP contribution in [0.5, 0.6) is 5.75 Å². The molecule has 0 amide bonds. The molecule has 3 N–H and O–H groups in total. The lowest BCUT2D eigenvalue weighted by molar-refractivity contribution is 0.471. The molecular formula is C12H14BrN3O. The molecule has 0 radical (unpaired) electrons. The number of nitrogens with zero attached hydrogens (tertiary/aromatic N) is 1. The third-order valence-electron chi connectivity index (χ3n) is 2.47. The molecule has 2 aromatic rings. The zero-order valence-electron chi connectivity index (χ0n) is 9.28. The topological polar surface area (TPSA) is 60.9 Å². The van der Waals surface area contributed by atoms with E-state index in [0.29, 0.717) is 0 Å². The third kappa shape index (κ3) is 3.57. The molecule has 0 unspecified atom stereocenters. The van der Waals surface area contributed by atoms with Gasteiger partial charge in [0.05, 0.1) is 10.8 Å². The minimum Gasteiger partial charge on any atom is -0.507 e. The van der Waals surface area contributed by atoms with Gasteiger partial charge in [-0.05, 0) is 33.6 Å². The summed E-state index contributed by atoms with van der Waals surface area (Å²) in [6.07, 6.45) is 4.45. The van der Waals surface area contributed by atoms with Gasteiger partial charge in [-0.15, -0.1) is 0 Å². The molecular weight excluding hydrogens is 282 g/mol. The lowest BCUT2D eigenvalue weighted by Crippen LogP contribution is -2.16. The predicted molar refractivity (Wildman–Crippen MR) is 69.8 cm³/mol. The van der Waals surface area contributed by atoms with Crippen LogP contribution in [0.3, 0.4) is 0 Å². The van der Waals surface area contributed by atoms with E-state index in [1.807, 2.05) is 18.3 Å². The number of benzene rings is 1. The van der Waals surface area contributed by atoms with Crippen molar-refractivity contribution >= 4 is 15.9 Å². The molecule has 1 heterocycles. The van der Waals surface area contributed by atoms with Crippen molar-refractivity contribution in [3.63, 3.8) is 0 Å². The van der Waals surface area contributed by atoms with Gasteiger partial charge in [-0.3, -0.25) is 0 Å². The lowest BCUT2D eigenvalue weighted by atomic mass is 10.2. The summed E-state index contributed by atoms with van der Waals surface area (Å²) >= 11 is 3.30. The fraction of sp³-hybridized carbons (Fsp3) is 0.250. The summed E-state index contributed by atoms with van der Waals surface area (Å²) in [5, 5.41) is 12.7. The number of H-pyrrole nitrogens is 1. The molecule has 4 nitrogen and oxygen atoms in total. The highest BCUT2D eigenvalue weighted by atomic mass is 79.9. The minimum absolute atomic E-state index is 0.270. The first kappa shape index (κ1) is 12.1. The summed E-state index contributed by atoms with van der Waals surface area (Å²) in [4.78, 5) is 7.02. The molecule has 0 bridgehead atoms. The first-order valence-corrected chi connectivity index (χ1v) is 6.20. The predicted octanol–water partition coefficient (Wildman–Crippen LogP) is 2.21. The molecule has 5 heteroatoms. The Hall–Kier alpha value is -1.33. The van der Waals surface area contributed by atoms with E-state index in [4.69, 9.17) is 0 Å². The number of aromatic hydroxyl groups is 1. The Labute approximate surface area is 108 Å². The average Bonchev–Trinajstić information content (AvgIpc) is 2.82. The van der Waals surface area contributed by atoms with Gasteiger partial charge in [-0.1, -0.05) is 6.07 Å². The normalized spacial score (nSPS) is 10.6. The van der Waals surface area contributed by atoms with E-state index >= 15 is 0 Å². The maximum absolute atomic E-state index is 9.36. The van der Waals surface area contributed by atoms with Gasteiger partial charge in [0.25, 0.3) is 0 Å². The molecule has 17 heavy (non-hydrogen) atoms. The van der Waals surface area contributed by atoms with Crippen molar-refractivity contribution in [2.75, 3.05) is 6.54 Å². The van der Waals surface area contributed by atoms with Crippen LogP contribution in [0.2, 0.25) is 0 Å². The Morgan fingerprint density at radius 3 is 3.00 bits per heavy atom. The van der Waals surface area contributed by atoms with Crippen LogP contribution in [0.4, 0.5) is 0 Å². The third-order valence-corrected chi connectivity index (χ3v) is 3.10. The van der Waals surface area contributed by atoms with Crippen molar-refractivity contribution in [1.29, 1.82) is 0 Å². The standard InChI is InChI=1S/C12H14BrN3O/c13-11-5-9(1-2-12(11)17)6-14-4-3-10-7-15-8-16-10/h1-2,5,7-8,14,17H,3-4,6H2,(H,15,16). The fourth-order valence-electron chi connectivity index (χ4n) is 1.54. The van der Waals surface area contributed by atoms with Crippen molar-refractivity contribution in [1.82, 2.24) is 15.3 Å². The molecule has 0 atom stereocenters. The zero-order valence-corrected chi connectivity index (χ0v) is 10.9. The Bertz CT molecular complexity index is 471. The highest BCUT2D eigenvalue weighted by molar-refractivity contribution is 9.10. The summed E-state index contributed by atoms with van der Waals surface area (Å²) < 4.78 is 0.727. The quantitative estimate of drug-likeness (QED) is 0.741. The van der Waals surface area contributed by atoms with E-state index in [1.54, 1.807) is 12.4 Å². The van der Waals surface area contributed by atoms with Gasteiger partial charge in [0.15, 0.2) is 0 Å². The van der Waals surface area contributed by atoms with E-state index in [0.717, 1.165) is 35.2 Å². The second-order valence-corrected chi connectivity index (χ2v) is 4.64. The van der Waals surface area contributed by atoms with Gasteiger partial charge in [-0.2, -0.15) is 0 Å². The van der Waals surface area contributed by atoms with E-state index in [2.05, 4.69) is 31.2 Å². The summed E-state index contributed by atoms with van der Waals surface area (Å²) in [6, 6.07) is 5.51. The van der Waals surface area contributed by atoms with Crippen LogP contribution < -0.4 is 5.32 Å². The molecule has 1 aromatic carbocycles. The molecule has 0 saturated carbocycles. The summed E-state index contributed by atoms with van der Waals surface area (Å²) in [6.45, 7) is 1.67. The molecule has 0 aliphatic carbocycles. The highest BCUT2D eigenvalue weighted by Gasteiger charge is 1.99. The number of phenolic OH excluding ortho intramolecular Hbond substituents is 1. The van der Waals surface area contributed by atoms with Crippen molar-refractivity contribution in [2.45, 2.75) is 13.0 Å². The van der Waals surface area contributed by atoms with Crippen LogP contribution in [0.25, 0.3) is 0 Å². The van der Waals surface area contributed by atoms with E-state index in [1.165, 1.54) is 0 Å². The van der Waals surface area contributed by atoms with Gasteiger partial charge < -0.3 is 15.4 Å². The van der Waals surface area contributed by atoms with Gasteiger partial charge >= 0.3 is 0 Å². The number of hydrogen-bond donors (Lipinski definition) is 3. The maximum atomic E-state index is 9.36. The molecule has 2 rings (SSSR count). The van der Waals surface area contributed by atoms with E-state index < -0.39 is 0 Å². The van der Waals surface area contributed by atoms with Crippen LogP contribution in [-0.2, 0) is 13.0 Å². The Kier molecular flexibility index (Phi) is 4.17.